The zero-order valence-corrected chi connectivity index (χ0v) is 13.3. The van der Waals surface area contributed by atoms with Crippen LogP contribution < -0.4 is 4.74 Å². The minimum Gasteiger partial charge on any atom is -0.497 e. The molecule has 0 bridgehead atoms. The Hall–Kier alpha value is -3.22. The van der Waals surface area contributed by atoms with Crippen molar-refractivity contribution in [3.05, 3.63) is 69.8 Å². The zero-order chi connectivity index (χ0) is 17.5. The Kier molecular flexibility index (Phi) is 5.62. The van der Waals surface area contributed by atoms with Gasteiger partial charge < -0.3 is 9.57 Å². The number of nitro benzene ring substituents is 1. The van der Waals surface area contributed by atoms with Crippen LogP contribution in [0, 0.1) is 10.1 Å². The summed E-state index contributed by atoms with van der Waals surface area (Å²) >= 11 is 0. The van der Waals surface area contributed by atoms with Crippen LogP contribution in [0.15, 0.2) is 53.7 Å². The number of benzene rings is 2. The van der Waals surface area contributed by atoms with Gasteiger partial charge in [-0.1, -0.05) is 23.4 Å². The number of nitro groups is 1. The molecule has 0 fully saturated rings. The molecule has 0 atom stereocenters. The first-order valence-corrected chi connectivity index (χ1v) is 7.12. The fourth-order valence-corrected chi connectivity index (χ4v) is 2.11. The van der Waals surface area contributed by atoms with E-state index in [4.69, 9.17) is 9.57 Å². The Morgan fingerprint density at radius 3 is 2.42 bits per heavy atom. The van der Waals surface area contributed by atoms with Gasteiger partial charge in [0.15, 0.2) is 0 Å². The van der Waals surface area contributed by atoms with E-state index in [1.165, 1.54) is 13.0 Å². The number of hydrogen-bond donors (Lipinski definition) is 0. The summed E-state index contributed by atoms with van der Waals surface area (Å²) in [6, 6.07) is 13.3. The highest BCUT2D eigenvalue weighted by atomic mass is 16.7. The molecule has 7 heteroatoms. The summed E-state index contributed by atoms with van der Waals surface area (Å²) in [6.07, 6.45) is 0.150. The lowest BCUT2D eigenvalue weighted by atomic mass is 10.0. The van der Waals surface area contributed by atoms with Gasteiger partial charge in [-0.15, -0.1) is 0 Å². The van der Waals surface area contributed by atoms with Crippen LogP contribution in [0.1, 0.15) is 18.1 Å². The maximum absolute atomic E-state index is 11.2. The molecule has 0 N–H and O–H groups in total. The third-order valence-corrected chi connectivity index (χ3v) is 3.25. The van der Waals surface area contributed by atoms with Gasteiger partial charge in [0.1, 0.15) is 5.75 Å². The van der Waals surface area contributed by atoms with Gasteiger partial charge in [-0.05, 0) is 29.8 Å². The number of hydrogen-bond acceptors (Lipinski definition) is 6. The summed E-state index contributed by atoms with van der Waals surface area (Å²) in [6.45, 7) is 1.24. The first-order chi connectivity index (χ1) is 11.5. The van der Waals surface area contributed by atoms with Crippen molar-refractivity contribution in [2.24, 2.45) is 5.16 Å². The third-order valence-electron chi connectivity index (χ3n) is 3.25. The van der Waals surface area contributed by atoms with E-state index < -0.39 is 10.9 Å². The van der Waals surface area contributed by atoms with E-state index in [1.54, 1.807) is 49.6 Å². The second-order valence-corrected chi connectivity index (χ2v) is 4.91. The molecular weight excluding hydrogens is 312 g/mol. The van der Waals surface area contributed by atoms with Crippen LogP contribution in [0.3, 0.4) is 0 Å². The molecule has 2 aromatic rings. The van der Waals surface area contributed by atoms with Gasteiger partial charge >= 0.3 is 5.97 Å². The first kappa shape index (κ1) is 17.1. The number of para-hydroxylation sites is 1. The van der Waals surface area contributed by atoms with Crippen molar-refractivity contribution in [2.45, 2.75) is 13.3 Å². The van der Waals surface area contributed by atoms with Gasteiger partial charge in [0, 0.05) is 25.0 Å². The third kappa shape index (κ3) is 4.39. The minimum absolute atomic E-state index is 0.0125. The molecule has 0 aliphatic rings. The van der Waals surface area contributed by atoms with E-state index >= 15 is 0 Å². The molecule has 0 saturated heterocycles. The highest BCUT2D eigenvalue weighted by Gasteiger charge is 2.16. The van der Waals surface area contributed by atoms with Gasteiger partial charge in [0.2, 0.25) is 0 Å². The van der Waals surface area contributed by atoms with Crippen LogP contribution >= 0.6 is 0 Å². The summed E-state index contributed by atoms with van der Waals surface area (Å²) in [5.41, 5.74) is 1.54. The molecule has 0 saturated carbocycles. The summed E-state index contributed by atoms with van der Waals surface area (Å²) in [5.74, 6) is 0.0971. The van der Waals surface area contributed by atoms with Crippen LogP contribution in [-0.4, -0.2) is 23.7 Å². The van der Waals surface area contributed by atoms with Crippen molar-refractivity contribution in [2.75, 3.05) is 7.11 Å². The van der Waals surface area contributed by atoms with Crippen molar-refractivity contribution in [3.8, 4) is 5.75 Å². The summed E-state index contributed by atoms with van der Waals surface area (Å²) in [4.78, 5) is 26.5. The van der Waals surface area contributed by atoms with E-state index in [0.29, 0.717) is 22.6 Å². The number of carbonyl (C=O) groups excluding carboxylic acids is 1. The van der Waals surface area contributed by atoms with E-state index in [1.807, 2.05) is 0 Å². The summed E-state index contributed by atoms with van der Waals surface area (Å²) in [7, 11) is 1.55. The molecule has 0 radical (unpaired) electrons. The van der Waals surface area contributed by atoms with Crippen LogP contribution in [0.5, 0.6) is 5.75 Å². The van der Waals surface area contributed by atoms with E-state index in [-0.39, 0.29) is 12.1 Å². The number of rotatable bonds is 6. The Morgan fingerprint density at radius 2 is 1.83 bits per heavy atom. The lowest BCUT2D eigenvalue weighted by Gasteiger charge is -2.08. The molecule has 0 aliphatic carbocycles. The van der Waals surface area contributed by atoms with Crippen LogP contribution in [0.25, 0.3) is 0 Å². The van der Waals surface area contributed by atoms with Gasteiger partial charge in [-0.25, -0.2) is 4.79 Å². The normalized spacial score (nSPS) is 11.0. The summed E-state index contributed by atoms with van der Waals surface area (Å²) < 4.78 is 5.10. The monoisotopic (exact) mass is 328 g/mol. The van der Waals surface area contributed by atoms with Crippen molar-refractivity contribution in [1.29, 1.82) is 0 Å². The molecule has 0 heterocycles. The Bertz CT molecular complexity index is 769. The lowest BCUT2D eigenvalue weighted by molar-refractivity contribution is -0.385. The smallest absolute Gasteiger partial charge is 0.331 e. The highest BCUT2D eigenvalue weighted by molar-refractivity contribution is 6.02. The van der Waals surface area contributed by atoms with Gasteiger partial charge in [-0.3, -0.25) is 10.1 Å². The van der Waals surface area contributed by atoms with E-state index in [0.717, 1.165) is 0 Å². The highest BCUT2D eigenvalue weighted by Crippen LogP contribution is 2.21. The Balaban J connectivity index is 2.38. The number of ether oxygens (including phenoxy) is 1. The largest absolute Gasteiger partial charge is 0.497 e. The zero-order valence-electron chi connectivity index (χ0n) is 13.3. The predicted octanol–water partition coefficient (Wildman–Crippen LogP) is 3.11. The Labute approximate surface area is 138 Å². The number of oxime groups is 1. The molecule has 0 amide bonds. The molecule has 0 unspecified atom stereocenters. The van der Waals surface area contributed by atoms with Gasteiger partial charge in [0.25, 0.3) is 5.69 Å². The SMILES string of the molecule is COc1ccc(/C(Cc2ccccc2[N+](=O)[O-])=N/OC(C)=O)cc1. The Morgan fingerprint density at radius 1 is 1.17 bits per heavy atom. The minimum atomic E-state index is -0.566. The maximum atomic E-state index is 11.2. The molecule has 124 valence electrons. The molecular formula is C17H16N2O5. The van der Waals surface area contributed by atoms with Crippen molar-refractivity contribution in [1.82, 2.24) is 0 Å². The number of nitrogens with zero attached hydrogens (tertiary/aromatic N) is 2. The second-order valence-electron chi connectivity index (χ2n) is 4.91. The fourth-order valence-electron chi connectivity index (χ4n) is 2.11. The quantitative estimate of drug-likeness (QED) is 0.352. The number of methoxy groups -OCH3 is 1. The van der Waals surface area contributed by atoms with E-state index in [9.17, 15) is 14.9 Å². The standard InChI is InChI=1S/C17H16N2O5/c1-12(20)24-18-16(13-7-9-15(23-2)10-8-13)11-14-5-3-4-6-17(14)19(21)22/h3-10H,11H2,1-2H3/b18-16+. The molecule has 24 heavy (non-hydrogen) atoms. The van der Waals surface area contributed by atoms with Gasteiger partial charge in [-0.2, -0.15) is 0 Å². The molecule has 2 rings (SSSR count). The van der Waals surface area contributed by atoms with Crippen LogP contribution in [-0.2, 0) is 16.1 Å². The van der Waals surface area contributed by atoms with Crippen molar-refractivity contribution < 1.29 is 19.3 Å². The summed E-state index contributed by atoms with van der Waals surface area (Å²) in [5, 5.41) is 15.0. The van der Waals surface area contributed by atoms with Crippen LogP contribution in [0.2, 0.25) is 0 Å². The second kappa shape index (κ2) is 7.87. The molecule has 0 aromatic heterocycles. The average Bonchev–Trinajstić information content (AvgIpc) is 2.58. The molecule has 0 aliphatic heterocycles. The predicted molar refractivity (Wildman–Crippen MR) is 88.1 cm³/mol. The molecule has 2 aromatic carbocycles. The van der Waals surface area contributed by atoms with E-state index in [2.05, 4.69) is 5.16 Å². The topological polar surface area (TPSA) is 91.0 Å². The average molecular weight is 328 g/mol. The van der Waals surface area contributed by atoms with Crippen molar-refractivity contribution >= 4 is 17.4 Å². The van der Waals surface area contributed by atoms with Gasteiger partial charge in [0.05, 0.1) is 17.7 Å². The van der Waals surface area contributed by atoms with Crippen LogP contribution in [0.4, 0.5) is 5.69 Å². The lowest BCUT2D eigenvalue weighted by Crippen LogP contribution is -2.09. The maximum Gasteiger partial charge on any atom is 0.331 e. The van der Waals surface area contributed by atoms with Crippen molar-refractivity contribution in [3.63, 3.8) is 0 Å². The molecule has 0 spiro atoms. The first-order valence-electron chi connectivity index (χ1n) is 7.12. The molecule has 7 nitrogen and oxygen atoms in total. The fraction of sp³-hybridized carbons (Fsp3) is 0.176. The number of carbonyl (C=O) groups is 1.